The Morgan fingerprint density at radius 3 is 2.38 bits per heavy atom. The third-order valence-corrected chi connectivity index (χ3v) is 4.37. The van der Waals surface area contributed by atoms with Crippen LogP contribution < -0.4 is 5.73 Å². The van der Waals surface area contributed by atoms with Crippen LogP contribution in [0, 0.1) is 13.8 Å². The molecule has 1 nitrogen and oxygen atoms in total. The molecule has 0 radical (unpaired) electrons. The fraction of sp³-hybridized carbons (Fsp3) is 0.429. The lowest BCUT2D eigenvalue weighted by atomic mass is 9.97. The minimum absolute atomic E-state index is 0.550. The van der Waals surface area contributed by atoms with E-state index in [1.54, 1.807) is 0 Å². The Bertz CT molecular complexity index is 523. The molecule has 0 atom stereocenters. The molecule has 0 aliphatic heterocycles. The van der Waals surface area contributed by atoms with Crippen LogP contribution in [0.1, 0.15) is 41.3 Å². The van der Waals surface area contributed by atoms with E-state index in [2.05, 4.69) is 39.8 Å². The van der Waals surface area contributed by atoms with E-state index in [9.17, 15) is 0 Å². The molecule has 0 unspecified atom stereocenters. The first-order valence-electron chi connectivity index (χ1n) is 5.77. The van der Waals surface area contributed by atoms with E-state index in [-0.39, 0.29) is 0 Å². The molecule has 1 aromatic carbocycles. The molecule has 0 amide bonds. The van der Waals surface area contributed by atoms with Crippen LogP contribution in [0.15, 0.2) is 12.1 Å². The number of fused-ring (bicyclic) bond motifs is 1. The van der Waals surface area contributed by atoms with E-state index in [1.165, 1.54) is 31.7 Å². The lowest BCUT2D eigenvalue weighted by Gasteiger charge is -2.07. The second-order valence-corrected chi connectivity index (χ2v) is 5.87. The highest BCUT2D eigenvalue weighted by molar-refractivity contribution is 7.19. The molecule has 0 fully saturated rings. The fourth-order valence-corrected chi connectivity index (χ4v) is 3.53. The van der Waals surface area contributed by atoms with Crippen molar-refractivity contribution in [2.75, 3.05) is 0 Å². The SMILES string of the molecule is Cc1cc2sc(CN)c(C(C)C)c2cc1C. The number of rotatable bonds is 2. The summed E-state index contributed by atoms with van der Waals surface area (Å²) in [4.78, 5) is 1.34. The van der Waals surface area contributed by atoms with Gasteiger partial charge in [0.15, 0.2) is 0 Å². The van der Waals surface area contributed by atoms with Crippen LogP contribution in [0.3, 0.4) is 0 Å². The van der Waals surface area contributed by atoms with Gasteiger partial charge in [-0.05, 0) is 47.9 Å². The van der Waals surface area contributed by atoms with E-state index in [4.69, 9.17) is 5.73 Å². The third-order valence-electron chi connectivity index (χ3n) is 3.18. The molecule has 16 heavy (non-hydrogen) atoms. The molecule has 0 saturated carbocycles. The van der Waals surface area contributed by atoms with Gasteiger partial charge in [-0.15, -0.1) is 11.3 Å². The van der Waals surface area contributed by atoms with Crippen LogP contribution >= 0.6 is 11.3 Å². The Labute approximate surface area is 101 Å². The standard InChI is InChI=1S/C14H19NS/c1-8(2)14-11-5-9(3)10(4)6-12(11)16-13(14)7-15/h5-6,8H,7,15H2,1-4H3. The largest absolute Gasteiger partial charge is 0.326 e. The molecule has 2 heteroatoms. The van der Waals surface area contributed by atoms with Gasteiger partial charge in [0.1, 0.15) is 0 Å². The number of aryl methyl sites for hydroxylation is 2. The number of benzene rings is 1. The van der Waals surface area contributed by atoms with Crippen LogP contribution in [-0.4, -0.2) is 0 Å². The van der Waals surface area contributed by atoms with Gasteiger partial charge in [0.2, 0.25) is 0 Å². The maximum absolute atomic E-state index is 5.84. The molecule has 1 aromatic heterocycles. The third kappa shape index (κ3) is 1.76. The zero-order chi connectivity index (χ0) is 11.9. The van der Waals surface area contributed by atoms with E-state index >= 15 is 0 Å². The van der Waals surface area contributed by atoms with Crippen molar-refractivity contribution in [3.05, 3.63) is 33.7 Å². The molecule has 0 bridgehead atoms. The minimum Gasteiger partial charge on any atom is -0.326 e. The highest BCUT2D eigenvalue weighted by Crippen LogP contribution is 2.37. The first-order valence-corrected chi connectivity index (χ1v) is 6.58. The number of hydrogen-bond acceptors (Lipinski definition) is 2. The van der Waals surface area contributed by atoms with Gasteiger partial charge in [0.05, 0.1) is 0 Å². The second kappa shape index (κ2) is 4.19. The van der Waals surface area contributed by atoms with Crippen molar-refractivity contribution in [1.29, 1.82) is 0 Å². The van der Waals surface area contributed by atoms with Gasteiger partial charge in [0, 0.05) is 16.1 Å². The molecule has 2 rings (SSSR count). The second-order valence-electron chi connectivity index (χ2n) is 4.73. The molecule has 86 valence electrons. The van der Waals surface area contributed by atoms with Crippen molar-refractivity contribution in [1.82, 2.24) is 0 Å². The first kappa shape index (κ1) is 11.6. The topological polar surface area (TPSA) is 26.0 Å². The molecule has 0 aliphatic carbocycles. The van der Waals surface area contributed by atoms with Gasteiger partial charge in [-0.1, -0.05) is 19.9 Å². The lowest BCUT2D eigenvalue weighted by molar-refractivity contribution is 0.859. The van der Waals surface area contributed by atoms with Gasteiger partial charge >= 0.3 is 0 Å². The van der Waals surface area contributed by atoms with Crippen molar-refractivity contribution in [3.63, 3.8) is 0 Å². The quantitative estimate of drug-likeness (QED) is 0.830. The highest BCUT2D eigenvalue weighted by atomic mass is 32.1. The zero-order valence-electron chi connectivity index (χ0n) is 10.4. The predicted molar refractivity (Wildman–Crippen MR) is 73.3 cm³/mol. The molecular weight excluding hydrogens is 214 g/mol. The Morgan fingerprint density at radius 1 is 1.19 bits per heavy atom. The average Bonchev–Trinajstić information content (AvgIpc) is 2.56. The van der Waals surface area contributed by atoms with Gasteiger partial charge in [0.25, 0.3) is 0 Å². The Hall–Kier alpha value is -0.860. The summed E-state index contributed by atoms with van der Waals surface area (Å²) in [7, 11) is 0. The van der Waals surface area contributed by atoms with Crippen molar-refractivity contribution in [2.24, 2.45) is 5.73 Å². The summed E-state index contributed by atoms with van der Waals surface area (Å²) in [6.45, 7) is 9.50. The fourth-order valence-electron chi connectivity index (χ4n) is 2.21. The van der Waals surface area contributed by atoms with E-state index < -0.39 is 0 Å². The van der Waals surface area contributed by atoms with Crippen LogP contribution in [-0.2, 0) is 6.54 Å². The van der Waals surface area contributed by atoms with Crippen LogP contribution in [0.25, 0.3) is 10.1 Å². The van der Waals surface area contributed by atoms with Crippen LogP contribution in [0.2, 0.25) is 0 Å². The minimum atomic E-state index is 0.550. The van der Waals surface area contributed by atoms with E-state index in [0.717, 1.165) is 0 Å². The van der Waals surface area contributed by atoms with Crippen LogP contribution in [0.4, 0.5) is 0 Å². The van der Waals surface area contributed by atoms with Gasteiger partial charge in [-0.25, -0.2) is 0 Å². The van der Waals surface area contributed by atoms with Gasteiger partial charge in [-0.2, -0.15) is 0 Å². The maximum Gasteiger partial charge on any atom is 0.0351 e. The number of thiophene rings is 1. The van der Waals surface area contributed by atoms with Gasteiger partial charge < -0.3 is 5.73 Å². The summed E-state index contributed by atoms with van der Waals surface area (Å²) in [6, 6.07) is 4.61. The molecule has 2 N–H and O–H groups in total. The van der Waals surface area contributed by atoms with Gasteiger partial charge in [-0.3, -0.25) is 0 Å². The summed E-state index contributed by atoms with van der Waals surface area (Å²) < 4.78 is 1.38. The van der Waals surface area contributed by atoms with Crippen molar-refractivity contribution >= 4 is 21.4 Å². The highest BCUT2D eigenvalue weighted by Gasteiger charge is 2.14. The molecular formula is C14H19NS. The number of nitrogens with two attached hydrogens (primary N) is 1. The summed E-state index contributed by atoms with van der Waals surface area (Å²) >= 11 is 1.85. The van der Waals surface area contributed by atoms with E-state index in [0.29, 0.717) is 12.5 Å². The molecule has 0 aliphatic rings. The monoisotopic (exact) mass is 233 g/mol. The Morgan fingerprint density at radius 2 is 1.81 bits per heavy atom. The zero-order valence-corrected chi connectivity index (χ0v) is 11.2. The first-order chi connectivity index (χ1) is 7.54. The maximum atomic E-state index is 5.84. The summed E-state index contributed by atoms with van der Waals surface area (Å²) in [5, 5.41) is 1.41. The van der Waals surface area contributed by atoms with E-state index in [1.807, 2.05) is 11.3 Å². The predicted octanol–water partition coefficient (Wildman–Crippen LogP) is 4.10. The normalized spacial score (nSPS) is 11.6. The lowest BCUT2D eigenvalue weighted by Crippen LogP contribution is -1.98. The summed E-state index contributed by atoms with van der Waals surface area (Å²) in [6.07, 6.45) is 0. The smallest absolute Gasteiger partial charge is 0.0351 e. The van der Waals surface area contributed by atoms with Crippen LogP contribution in [0.5, 0.6) is 0 Å². The Kier molecular flexibility index (Phi) is 3.04. The Balaban J connectivity index is 2.79. The average molecular weight is 233 g/mol. The summed E-state index contributed by atoms with van der Waals surface area (Å²) in [5.41, 5.74) is 10.0. The number of hydrogen-bond donors (Lipinski definition) is 1. The molecule has 2 aromatic rings. The molecule has 0 spiro atoms. The van der Waals surface area contributed by atoms with Crippen molar-refractivity contribution in [3.8, 4) is 0 Å². The summed E-state index contributed by atoms with van der Waals surface area (Å²) in [5.74, 6) is 0.550. The van der Waals surface area contributed by atoms with Crippen molar-refractivity contribution in [2.45, 2.75) is 40.2 Å². The molecule has 1 heterocycles. The molecule has 0 saturated heterocycles. The van der Waals surface area contributed by atoms with Crippen molar-refractivity contribution < 1.29 is 0 Å².